The molecule has 4 atom stereocenters. The molecule has 0 spiro atoms. The smallest absolute Gasteiger partial charge is 0.480 e. The van der Waals surface area contributed by atoms with Crippen LogP contribution in [0.4, 0.5) is 4.79 Å². The van der Waals surface area contributed by atoms with Crippen molar-refractivity contribution in [2.45, 2.75) is 73.0 Å². The number of nitrogens with two attached hydrogens (primary N) is 1. The molecule has 0 amide bonds. The van der Waals surface area contributed by atoms with Crippen molar-refractivity contribution in [3.63, 3.8) is 0 Å². The molecule has 0 radical (unpaired) electrons. The summed E-state index contributed by atoms with van der Waals surface area (Å²) >= 11 is 0. The number of carboxylic acid groups (broad SMARTS) is 1. The molecular weight excluding hydrogens is 470 g/mol. The van der Waals surface area contributed by atoms with E-state index in [1.54, 1.807) is 19.9 Å². The molecule has 0 aliphatic heterocycles. The number of ether oxygens (including phenoxy) is 4. The van der Waals surface area contributed by atoms with Gasteiger partial charge in [-0.25, -0.2) is 4.79 Å². The summed E-state index contributed by atoms with van der Waals surface area (Å²) in [5.74, 6) is -3.08. The molecular formula is C26H39NO9. The molecule has 1 aromatic rings. The van der Waals surface area contributed by atoms with Gasteiger partial charge in [0.05, 0.1) is 18.9 Å². The molecule has 10 nitrogen and oxygen atoms in total. The Hall–Kier alpha value is -3.14. The van der Waals surface area contributed by atoms with Crippen LogP contribution < -0.4 is 15.2 Å². The van der Waals surface area contributed by atoms with Crippen molar-refractivity contribution in [2.24, 2.45) is 29.4 Å². The molecule has 36 heavy (non-hydrogen) atoms. The summed E-state index contributed by atoms with van der Waals surface area (Å²) in [5, 5.41) is 9.82. The Balaban J connectivity index is 3.32. The number of carboxylic acids is 1. The van der Waals surface area contributed by atoms with E-state index in [1.165, 1.54) is 19.1 Å². The van der Waals surface area contributed by atoms with Crippen molar-refractivity contribution in [3.05, 3.63) is 23.8 Å². The van der Waals surface area contributed by atoms with E-state index in [0.29, 0.717) is 5.56 Å². The zero-order valence-corrected chi connectivity index (χ0v) is 22.3. The van der Waals surface area contributed by atoms with Crippen LogP contribution in [0, 0.1) is 23.7 Å². The maximum absolute atomic E-state index is 12.7. The molecule has 0 bridgehead atoms. The van der Waals surface area contributed by atoms with Gasteiger partial charge in [-0.15, -0.1) is 0 Å². The lowest BCUT2D eigenvalue weighted by atomic mass is 9.86. The number of methoxy groups -OCH3 is 1. The summed E-state index contributed by atoms with van der Waals surface area (Å²) in [6, 6.07) is 4.42. The summed E-state index contributed by atoms with van der Waals surface area (Å²) in [5.41, 5.74) is 4.80. The van der Waals surface area contributed by atoms with Crippen LogP contribution in [0.1, 0.15) is 60.5 Å². The van der Waals surface area contributed by atoms with Crippen molar-refractivity contribution in [1.82, 2.24) is 0 Å². The van der Waals surface area contributed by atoms with Crippen LogP contribution in [0.25, 0.3) is 0 Å². The monoisotopic (exact) mass is 509 g/mol. The number of hydrogen-bond donors (Lipinski definition) is 2. The van der Waals surface area contributed by atoms with Crippen molar-refractivity contribution in [2.75, 3.05) is 7.11 Å². The molecule has 10 heteroatoms. The van der Waals surface area contributed by atoms with Crippen LogP contribution in [-0.2, 0) is 30.3 Å². The van der Waals surface area contributed by atoms with Gasteiger partial charge in [-0.1, -0.05) is 47.6 Å². The molecule has 0 fully saturated rings. The number of rotatable bonds is 12. The van der Waals surface area contributed by atoms with E-state index < -0.39 is 47.5 Å². The second kappa shape index (κ2) is 13.2. The predicted molar refractivity (Wildman–Crippen MR) is 132 cm³/mol. The Labute approximate surface area is 212 Å². The van der Waals surface area contributed by atoms with Crippen LogP contribution in [-0.4, -0.2) is 47.9 Å². The average molecular weight is 510 g/mol. The predicted octanol–water partition coefficient (Wildman–Crippen LogP) is 3.97. The molecule has 1 rings (SSSR count). The minimum atomic E-state index is -1.82. The van der Waals surface area contributed by atoms with E-state index in [4.69, 9.17) is 19.9 Å². The maximum Gasteiger partial charge on any atom is 0.508 e. The Bertz CT molecular complexity index is 943. The summed E-state index contributed by atoms with van der Waals surface area (Å²) in [6.45, 7) is 12.5. The topological polar surface area (TPSA) is 151 Å². The fourth-order valence-corrected chi connectivity index (χ4v) is 3.14. The van der Waals surface area contributed by atoms with Crippen molar-refractivity contribution in [3.8, 4) is 11.5 Å². The molecule has 202 valence electrons. The third-order valence-electron chi connectivity index (χ3n) is 6.23. The van der Waals surface area contributed by atoms with Gasteiger partial charge in [0.1, 0.15) is 11.6 Å². The highest BCUT2D eigenvalue weighted by Gasteiger charge is 2.37. The molecule has 0 saturated heterocycles. The van der Waals surface area contributed by atoms with Crippen LogP contribution in [0.2, 0.25) is 0 Å². The summed E-state index contributed by atoms with van der Waals surface area (Å²) in [7, 11) is 1.14. The quantitative estimate of drug-likeness (QED) is 0.313. The third-order valence-corrected chi connectivity index (χ3v) is 6.23. The van der Waals surface area contributed by atoms with Crippen LogP contribution in [0.3, 0.4) is 0 Å². The number of benzene rings is 1. The highest BCUT2D eigenvalue weighted by molar-refractivity contribution is 5.80. The lowest BCUT2D eigenvalue weighted by Gasteiger charge is -2.28. The van der Waals surface area contributed by atoms with Gasteiger partial charge in [0.15, 0.2) is 11.5 Å². The highest BCUT2D eigenvalue weighted by Crippen LogP contribution is 2.33. The van der Waals surface area contributed by atoms with Crippen LogP contribution in [0.15, 0.2) is 18.2 Å². The lowest BCUT2D eigenvalue weighted by molar-refractivity contribution is -0.145. The van der Waals surface area contributed by atoms with E-state index >= 15 is 0 Å². The van der Waals surface area contributed by atoms with E-state index in [9.17, 15) is 24.3 Å². The summed E-state index contributed by atoms with van der Waals surface area (Å²) in [6.07, 6.45) is -2.19. The SMILES string of the molecule is COC(=O)O[C@@H](C)CC(N)(Cc1ccc(OC(=O)C(C)C(C)C)c(OC(=O)C(C)C(C)C)c1)C(=O)O. The van der Waals surface area contributed by atoms with Crippen molar-refractivity contribution >= 4 is 24.1 Å². The second-order valence-corrected chi connectivity index (χ2v) is 9.91. The van der Waals surface area contributed by atoms with E-state index in [2.05, 4.69) is 4.74 Å². The largest absolute Gasteiger partial charge is 0.508 e. The first-order valence-electron chi connectivity index (χ1n) is 11.9. The molecule has 3 unspecified atom stereocenters. The van der Waals surface area contributed by atoms with Gasteiger partial charge >= 0.3 is 24.1 Å². The van der Waals surface area contributed by atoms with Crippen LogP contribution >= 0.6 is 0 Å². The number of carbonyl (C=O) groups is 4. The molecule has 3 N–H and O–H groups in total. The molecule has 1 aromatic carbocycles. The minimum Gasteiger partial charge on any atom is -0.480 e. The number of aliphatic carboxylic acids is 1. The highest BCUT2D eigenvalue weighted by atomic mass is 16.7. The molecule has 0 aliphatic carbocycles. The fourth-order valence-electron chi connectivity index (χ4n) is 3.14. The fraction of sp³-hybridized carbons (Fsp3) is 0.615. The normalized spacial score (nSPS) is 15.4. The zero-order valence-electron chi connectivity index (χ0n) is 22.3. The number of hydrogen-bond acceptors (Lipinski definition) is 9. The van der Waals surface area contributed by atoms with Gasteiger partial charge in [0.2, 0.25) is 0 Å². The summed E-state index contributed by atoms with van der Waals surface area (Å²) < 4.78 is 20.5. The van der Waals surface area contributed by atoms with Gasteiger partial charge in [0.25, 0.3) is 0 Å². The van der Waals surface area contributed by atoms with Gasteiger partial charge in [0, 0.05) is 12.8 Å². The molecule has 0 aliphatic rings. The molecule has 0 saturated carbocycles. The zero-order chi connectivity index (χ0) is 27.8. The van der Waals surface area contributed by atoms with Crippen molar-refractivity contribution < 1.29 is 43.2 Å². The Morgan fingerprint density at radius 1 is 0.889 bits per heavy atom. The molecule has 0 heterocycles. The Kier molecular flexibility index (Phi) is 11.4. The first-order valence-corrected chi connectivity index (χ1v) is 11.9. The molecule has 0 aromatic heterocycles. The van der Waals surface area contributed by atoms with Gasteiger partial charge in [-0.2, -0.15) is 0 Å². The third kappa shape index (κ3) is 8.82. The Morgan fingerprint density at radius 3 is 1.83 bits per heavy atom. The van der Waals surface area contributed by atoms with E-state index in [-0.39, 0.29) is 36.2 Å². The lowest BCUT2D eigenvalue weighted by Crippen LogP contribution is -2.52. The van der Waals surface area contributed by atoms with Gasteiger partial charge < -0.3 is 29.8 Å². The Morgan fingerprint density at radius 2 is 1.39 bits per heavy atom. The van der Waals surface area contributed by atoms with Gasteiger partial charge in [-0.05, 0) is 36.5 Å². The first-order chi connectivity index (χ1) is 16.6. The number of carbonyl (C=O) groups excluding carboxylic acids is 3. The maximum atomic E-state index is 12.7. The van der Waals surface area contributed by atoms with E-state index in [0.717, 1.165) is 7.11 Å². The minimum absolute atomic E-state index is 0.00708. The van der Waals surface area contributed by atoms with E-state index in [1.807, 2.05) is 27.7 Å². The average Bonchev–Trinajstić information content (AvgIpc) is 2.78. The van der Waals surface area contributed by atoms with Crippen molar-refractivity contribution in [1.29, 1.82) is 0 Å². The standard InChI is InChI=1S/C26H39NO9/c1-14(2)17(6)22(28)35-20-10-9-19(11-21(20)36-23(29)18(7)15(3)4)13-26(27,24(30)31)12-16(5)34-25(32)33-8/h9-11,14-18H,12-13,27H2,1-8H3,(H,30,31)/t16-,17?,18?,26?/m0/s1. The summed E-state index contributed by atoms with van der Waals surface area (Å²) in [4.78, 5) is 48.7. The first kappa shape index (κ1) is 30.9. The van der Waals surface area contributed by atoms with Gasteiger partial charge in [-0.3, -0.25) is 14.4 Å². The number of esters is 2. The van der Waals surface area contributed by atoms with Crippen LogP contribution in [0.5, 0.6) is 11.5 Å². The second-order valence-electron chi connectivity index (χ2n) is 9.91.